The summed E-state index contributed by atoms with van der Waals surface area (Å²) in [5.41, 5.74) is 1.27. The summed E-state index contributed by atoms with van der Waals surface area (Å²) in [6, 6.07) is 5.71. The van der Waals surface area contributed by atoms with Crippen LogP contribution in [0.5, 0.6) is 5.75 Å². The van der Waals surface area contributed by atoms with Crippen molar-refractivity contribution in [3.05, 3.63) is 41.7 Å². The van der Waals surface area contributed by atoms with Crippen molar-refractivity contribution in [3.63, 3.8) is 0 Å². The fraction of sp³-hybridized carbons (Fsp3) is 0.0769. The van der Waals surface area contributed by atoms with E-state index in [0.717, 1.165) is 0 Å². The molecule has 0 N–H and O–H groups in total. The standard InChI is InChI=1S/C13H6ClF3N2OS/c14-9-6-18-4-3-8(9)12-19-10-2-1-7(5-11(10)21-12)20-13(15,16)17/h1-6H. The second kappa shape index (κ2) is 5.16. The molecule has 0 bridgehead atoms. The topological polar surface area (TPSA) is 35.0 Å². The minimum absolute atomic E-state index is 0.272. The maximum Gasteiger partial charge on any atom is 0.573 e. The van der Waals surface area contributed by atoms with Crippen molar-refractivity contribution in [1.29, 1.82) is 0 Å². The number of pyridine rings is 1. The third kappa shape index (κ3) is 3.08. The molecule has 0 atom stereocenters. The average Bonchev–Trinajstić information content (AvgIpc) is 2.80. The lowest BCUT2D eigenvalue weighted by atomic mass is 10.3. The third-order valence-corrected chi connectivity index (χ3v) is 3.95. The van der Waals surface area contributed by atoms with Crippen molar-refractivity contribution in [3.8, 4) is 16.3 Å². The normalized spacial score (nSPS) is 11.8. The van der Waals surface area contributed by atoms with Crippen molar-refractivity contribution in [2.24, 2.45) is 0 Å². The molecule has 0 saturated heterocycles. The van der Waals surface area contributed by atoms with Crippen molar-refractivity contribution < 1.29 is 17.9 Å². The largest absolute Gasteiger partial charge is 0.573 e. The predicted octanol–water partition coefficient (Wildman–Crippen LogP) is 4.91. The average molecular weight is 331 g/mol. The maximum absolute atomic E-state index is 12.2. The number of fused-ring (bicyclic) bond motifs is 1. The second-order valence-corrected chi connectivity index (χ2v) is 5.49. The third-order valence-electron chi connectivity index (χ3n) is 2.60. The van der Waals surface area contributed by atoms with E-state index in [1.807, 2.05) is 0 Å². The molecule has 0 saturated carbocycles. The minimum Gasteiger partial charge on any atom is -0.406 e. The van der Waals surface area contributed by atoms with Crippen LogP contribution in [0.2, 0.25) is 5.02 Å². The zero-order valence-corrected chi connectivity index (χ0v) is 11.8. The summed E-state index contributed by atoms with van der Waals surface area (Å²) in [6.07, 6.45) is -1.65. The fourth-order valence-corrected chi connectivity index (χ4v) is 3.06. The molecule has 8 heteroatoms. The Morgan fingerprint density at radius 3 is 2.71 bits per heavy atom. The molecule has 0 unspecified atom stereocenters. The molecule has 1 aromatic carbocycles. The molecule has 0 fully saturated rings. The summed E-state index contributed by atoms with van der Waals surface area (Å²) in [5.74, 6) is -0.272. The van der Waals surface area contributed by atoms with Gasteiger partial charge < -0.3 is 4.74 Å². The number of hydrogen-bond acceptors (Lipinski definition) is 4. The first kappa shape index (κ1) is 14.1. The molecule has 0 amide bonds. The van der Waals surface area contributed by atoms with Gasteiger partial charge in [0, 0.05) is 18.0 Å². The Kier molecular flexibility index (Phi) is 3.46. The molecule has 3 aromatic rings. The van der Waals surface area contributed by atoms with E-state index in [2.05, 4.69) is 14.7 Å². The van der Waals surface area contributed by atoms with Crippen molar-refractivity contribution >= 4 is 33.2 Å². The number of alkyl halides is 3. The van der Waals surface area contributed by atoms with E-state index in [4.69, 9.17) is 11.6 Å². The number of thiazole rings is 1. The summed E-state index contributed by atoms with van der Waals surface area (Å²) in [6.45, 7) is 0. The van der Waals surface area contributed by atoms with Gasteiger partial charge in [-0.05, 0) is 24.3 Å². The molecule has 0 radical (unpaired) electrons. The number of rotatable bonds is 2. The highest BCUT2D eigenvalue weighted by Gasteiger charge is 2.31. The molecular weight excluding hydrogens is 325 g/mol. The molecule has 2 heterocycles. The van der Waals surface area contributed by atoms with Gasteiger partial charge in [-0.15, -0.1) is 24.5 Å². The van der Waals surface area contributed by atoms with E-state index in [1.165, 1.54) is 35.7 Å². The zero-order valence-electron chi connectivity index (χ0n) is 10.2. The van der Waals surface area contributed by atoms with Crippen molar-refractivity contribution in [2.45, 2.75) is 6.36 Å². The molecule has 108 valence electrons. The van der Waals surface area contributed by atoms with Gasteiger partial charge >= 0.3 is 6.36 Å². The van der Waals surface area contributed by atoms with E-state index < -0.39 is 6.36 Å². The number of benzene rings is 1. The molecule has 3 nitrogen and oxygen atoms in total. The van der Waals surface area contributed by atoms with Crippen LogP contribution in [0.25, 0.3) is 20.8 Å². The van der Waals surface area contributed by atoms with Crippen molar-refractivity contribution in [1.82, 2.24) is 9.97 Å². The lowest BCUT2D eigenvalue weighted by Crippen LogP contribution is -2.16. The van der Waals surface area contributed by atoms with Crippen LogP contribution >= 0.6 is 22.9 Å². The number of halogens is 4. The highest BCUT2D eigenvalue weighted by atomic mass is 35.5. The van der Waals surface area contributed by atoms with Crippen LogP contribution in [0.3, 0.4) is 0 Å². The maximum atomic E-state index is 12.2. The lowest BCUT2D eigenvalue weighted by molar-refractivity contribution is -0.274. The van der Waals surface area contributed by atoms with Gasteiger partial charge in [-0.1, -0.05) is 11.6 Å². The van der Waals surface area contributed by atoms with E-state index in [9.17, 15) is 13.2 Å². The van der Waals surface area contributed by atoms with Gasteiger partial charge in [-0.25, -0.2) is 4.98 Å². The summed E-state index contributed by atoms with van der Waals surface area (Å²) < 4.78 is 41.1. The van der Waals surface area contributed by atoms with Crippen LogP contribution in [0.1, 0.15) is 0 Å². The van der Waals surface area contributed by atoms with E-state index in [-0.39, 0.29) is 5.75 Å². The Balaban J connectivity index is 2.03. The highest BCUT2D eigenvalue weighted by molar-refractivity contribution is 7.21. The van der Waals surface area contributed by atoms with E-state index in [1.54, 1.807) is 12.3 Å². The molecular formula is C13H6ClF3N2OS. The van der Waals surface area contributed by atoms with Gasteiger partial charge in [0.15, 0.2) is 0 Å². The Morgan fingerprint density at radius 1 is 1.19 bits per heavy atom. The van der Waals surface area contributed by atoms with Gasteiger partial charge in [-0.2, -0.15) is 0 Å². The molecule has 21 heavy (non-hydrogen) atoms. The summed E-state index contributed by atoms with van der Waals surface area (Å²) in [4.78, 5) is 8.23. The summed E-state index contributed by atoms with van der Waals surface area (Å²) >= 11 is 7.27. The zero-order chi connectivity index (χ0) is 15.0. The van der Waals surface area contributed by atoms with Crippen LogP contribution in [-0.2, 0) is 0 Å². The number of nitrogens with zero attached hydrogens (tertiary/aromatic N) is 2. The van der Waals surface area contributed by atoms with Gasteiger partial charge in [0.25, 0.3) is 0 Å². The molecule has 2 aromatic heterocycles. The quantitative estimate of drug-likeness (QED) is 0.669. The van der Waals surface area contributed by atoms with Crippen LogP contribution in [0.4, 0.5) is 13.2 Å². The molecule has 0 aliphatic heterocycles. The number of hydrogen-bond donors (Lipinski definition) is 0. The Hall–Kier alpha value is -1.86. The lowest BCUT2D eigenvalue weighted by Gasteiger charge is -2.07. The number of ether oxygens (including phenoxy) is 1. The van der Waals surface area contributed by atoms with Gasteiger partial charge in [0.05, 0.1) is 15.2 Å². The molecule has 0 spiro atoms. The molecule has 0 aliphatic carbocycles. The second-order valence-electron chi connectivity index (χ2n) is 4.05. The fourth-order valence-electron chi connectivity index (χ4n) is 1.77. The number of aromatic nitrogens is 2. The van der Waals surface area contributed by atoms with Gasteiger partial charge in [0.1, 0.15) is 10.8 Å². The van der Waals surface area contributed by atoms with Crippen LogP contribution in [0, 0.1) is 0 Å². The van der Waals surface area contributed by atoms with Gasteiger partial charge in [0.2, 0.25) is 0 Å². The van der Waals surface area contributed by atoms with E-state index >= 15 is 0 Å². The smallest absolute Gasteiger partial charge is 0.406 e. The SMILES string of the molecule is FC(F)(F)Oc1ccc2nc(-c3ccncc3Cl)sc2c1. The predicted molar refractivity (Wildman–Crippen MR) is 74.5 cm³/mol. The summed E-state index contributed by atoms with van der Waals surface area (Å²) in [5, 5.41) is 1.05. The first-order valence-electron chi connectivity index (χ1n) is 5.68. The monoisotopic (exact) mass is 330 g/mol. The Labute approximate surface area is 126 Å². The van der Waals surface area contributed by atoms with Crippen LogP contribution in [0.15, 0.2) is 36.7 Å². The van der Waals surface area contributed by atoms with E-state index in [0.29, 0.717) is 25.8 Å². The Bertz CT molecular complexity index is 803. The van der Waals surface area contributed by atoms with Crippen LogP contribution < -0.4 is 4.74 Å². The Morgan fingerprint density at radius 2 is 2.00 bits per heavy atom. The van der Waals surface area contributed by atoms with Gasteiger partial charge in [-0.3, -0.25) is 4.98 Å². The highest BCUT2D eigenvalue weighted by Crippen LogP contribution is 2.36. The molecule has 3 rings (SSSR count). The first-order chi connectivity index (χ1) is 9.92. The van der Waals surface area contributed by atoms with Crippen molar-refractivity contribution in [2.75, 3.05) is 0 Å². The molecule has 0 aliphatic rings. The van der Waals surface area contributed by atoms with Crippen LogP contribution in [-0.4, -0.2) is 16.3 Å². The minimum atomic E-state index is -4.71. The first-order valence-corrected chi connectivity index (χ1v) is 6.88. The summed E-state index contributed by atoms with van der Waals surface area (Å²) in [7, 11) is 0.